The number of nitrogens with zero attached hydrogens (tertiary/aromatic N) is 3. The number of rotatable bonds is 4. The van der Waals surface area contributed by atoms with Crippen LogP contribution in [0.1, 0.15) is 52.0 Å². The van der Waals surface area contributed by atoms with Gasteiger partial charge >= 0.3 is 0 Å². The highest BCUT2D eigenvalue weighted by Gasteiger charge is 2.22. The van der Waals surface area contributed by atoms with Crippen LogP contribution < -0.4 is 10.2 Å². The maximum Gasteiger partial charge on any atom is 0.258 e. The first-order chi connectivity index (χ1) is 17.8. The number of nitrogens with one attached hydrogen (secondary N) is 1. The van der Waals surface area contributed by atoms with Gasteiger partial charge in [0.2, 0.25) is 0 Å². The lowest BCUT2D eigenvalue weighted by Crippen LogP contribution is -2.34. The first kappa shape index (κ1) is 26.4. The van der Waals surface area contributed by atoms with Gasteiger partial charge in [-0.3, -0.25) is 9.59 Å². The van der Waals surface area contributed by atoms with Crippen molar-refractivity contribution in [3.63, 3.8) is 0 Å². The van der Waals surface area contributed by atoms with E-state index in [0.29, 0.717) is 24.2 Å². The van der Waals surface area contributed by atoms with Crippen molar-refractivity contribution in [2.45, 2.75) is 32.1 Å². The molecule has 1 aliphatic heterocycles. The number of hydrogen-bond donors (Lipinski definition) is 1. The molecule has 2 amide bonds. The van der Waals surface area contributed by atoms with E-state index in [9.17, 15) is 14.0 Å². The van der Waals surface area contributed by atoms with E-state index in [1.54, 1.807) is 24.3 Å². The summed E-state index contributed by atoms with van der Waals surface area (Å²) in [6, 6.07) is 18.3. The molecule has 0 atom stereocenters. The second kappa shape index (κ2) is 12.0. The monoisotopic (exact) mass is 520 g/mol. The van der Waals surface area contributed by atoms with Gasteiger partial charge in [0.15, 0.2) is 0 Å². The zero-order valence-corrected chi connectivity index (χ0v) is 21.8. The normalized spacial score (nSPS) is 15.1. The summed E-state index contributed by atoms with van der Waals surface area (Å²) < 4.78 is 13.6. The molecule has 8 heteroatoms. The van der Waals surface area contributed by atoms with Gasteiger partial charge in [0.1, 0.15) is 5.82 Å². The SMILES string of the molecule is CN(C)/N=C1\CCCCc2ccccc2N(C(=O)c2ccc(NC(=O)c3cc(F)ccc3Cl)cc2)CC1. The number of halogens is 2. The lowest BCUT2D eigenvalue weighted by Gasteiger charge is -2.27. The van der Waals surface area contributed by atoms with E-state index < -0.39 is 11.7 Å². The van der Waals surface area contributed by atoms with E-state index in [4.69, 9.17) is 11.6 Å². The van der Waals surface area contributed by atoms with Gasteiger partial charge in [-0.25, -0.2) is 4.39 Å². The van der Waals surface area contributed by atoms with Gasteiger partial charge in [-0.2, -0.15) is 5.10 Å². The molecule has 0 fully saturated rings. The van der Waals surface area contributed by atoms with Gasteiger partial charge in [0.25, 0.3) is 11.8 Å². The summed E-state index contributed by atoms with van der Waals surface area (Å²) in [5.74, 6) is -1.20. The van der Waals surface area contributed by atoms with Crippen LogP contribution in [0.3, 0.4) is 0 Å². The number of hydrogen-bond acceptors (Lipinski definition) is 4. The van der Waals surface area contributed by atoms with Gasteiger partial charge in [-0.1, -0.05) is 29.8 Å². The third kappa shape index (κ3) is 6.74. The highest BCUT2D eigenvalue weighted by Crippen LogP contribution is 2.27. The fourth-order valence-corrected chi connectivity index (χ4v) is 4.64. The lowest BCUT2D eigenvalue weighted by molar-refractivity contribution is 0.0986. The molecule has 0 bridgehead atoms. The smallest absolute Gasteiger partial charge is 0.258 e. The predicted octanol–water partition coefficient (Wildman–Crippen LogP) is 6.41. The summed E-state index contributed by atoms with van der Waals surface area (Å²) in [6.45, 7) is 0.513. The van der Waals surface area contributed by atoms with Crippen LogP contribution in [0.5, 0.6) is 0 Å². The Kier molecular flexibility index (Phi) is 8.56. The van der Waals surface area contributed by atoms with Crippen LogP contribution in [-0.4, -0.2) is 43.2 Å². The Bertz CT molecular complexity index is 1310. The Morgan fingerprint density at radius 3 is 2.46 bits per heavy atom. The Hall–Kier alpha value is -3.71. The number of anilines is 2. The molecule has 3 aromatic carbocycles. The molecule has 0 saturated heterocycles. The maximum atomic E-state index is 13.7. The van der Waals surface area contributed by atoms with Crippen molar-refractivity contribution in [3.05, 3.63) is 94.3 Å². The average molecular weight is 521 g/mol. The van der Waals surface area contributed by atoms with E-state index >= 15 is 0 Å². The summed E-state index contributed by atoms with van der Waals surface area (Å²) in [5.41, 5.74) is 4.16. The topological polar surface area (TPSA) is 65.0 Å². The van der Waals surface area contributed by atoms with Gasteiger partial charge in [0, 0.05) is 49.7 Å². The van der Waals surface area contributed by atoms with Crippen molar-refractivity contribution >= 4 is 40.5 Å². The maximum absolute atomic E-state index is 13.7. The van der Waals surface area contributed by atoms with Crippen LogP contribution in [-0.2, 0) is 6.42 Å². The van der Waals surface area contributed by atoms with Gasteiger partial charge in [-0.05, 0) is 79.8 Å². The summed E-state index contributed by atoms with van der Waals surface area (Å²) in [6.07, 6.45) is 4.56. The van der Waals surface area contributed by atoms with Crippen molar-refractivity contribution < 1.29 is 14.0 Å². The van der Waals surface area contributed by atoms with Gasteiger partial charge in [0.05, 0.1) is 10.6 Å². The second-order valence-corrected chi connectivity index (χ2v) is 9.62. The van der Waals surface area contributed by atoms with Crippen molar-refractivity contribution in [1.29, 1.82) is 0 Å². The molecule has 1 heterocycles. The van der Waals surface area contributed by atoms with Crippen LogP contribution >= 0.6 is 11.6 Å². The first-order valence-corrected chi connectivity index (χ1v) is 12.7. The molecule has 37 heavy (non-hydrogen) atoms. The van der Waals surface area contributed by atoms with E-state index in [1.807, 2.05) is 42.2 Å². The van der Waals surface area contributed by atoms with Crippen molar-refractivity contribution in [1.82, 2.24) is 5.01 Å². The summed E-state index contributed by atoms with van der Waals surface area (Å²) in [4.78, 5) is 28.1. The Morgan fingerprint density at radius 1 is 0.973 bits per heavy atom. The molecular formula is C29H30ClFN4O2. The van der Waals surface area contributed by atoms with E-state index in [2.05, 4.69) is 16.5 Å². The number of para-hydroxylation sites is 1. The summed E-state index contributed by atoms with van der Waals surface area (Å²) in [5, 5.41) is 9.33. The third-order valence-corrected chi connectivity index (χ3v) is 6.55. The molecule has 1 aliphatic rings. The third-order valence-electron chi connectivity index (χ3n) is 6.22. The number of benzene rings is 3. The van der Waals surface area contributed by atoms with Crippen molar-refractivity contribution in [2.24, 2.45) is 5.10 Å². The van der Waals surface area contributed by atoms with E-state index in [0.717, 1.165) is 48.7 Å². The van der Waals surface area contributed by atoms with Crippen LogP contribution in [0.4, 0.5) is 15.8 Å². The molecule has 0 saturated carbocycles. The molecule has 0 unspecified atom stereocenters. The van der Waals surface area contributed by atoms with Crippen LogP contribution in [0.2, 0.25) is 5.02 Å². The molecule has 192 valence electrons. The highest BCUT2D eigenvalue weighted by atomic mass is 35.5. The molecular weight excluding hydrogens is 491 g/mol. The van der Waals surface area contributed by atoms with Crippen LogP contribution in [0.25, 0.3) is 0 Å². The van der Waals surface area contributed by atoms with Crippen LogP contribution in [0.15, 0.2) is 71.8 Å². The largest absolute Gasteiger partial charge is 0.322 e. The Morgan fingerprint density at radius 2 is 1.70 bits per heavy atom. The number of amides is 2. The number of hydrazone groups is 1. The quantitative estimate of drug-likeness (QED) is 0.404. The summed E-state index contributed by atoms with van der Waals surface area (Å²) >= 11 is 6.05. The predicted molar refractivity (Wildman–Crippen MR) is 147 cm³/mol. The number of carbonyl (C=O) groups is 2. The Labute approximate surface area is 221 Å². The highest BCUT2D eigenvalue weighted by molar-refractivity contribution is 6.34. The number of aryl methyl sites for hydroxylation is 1. The number of fused-ring (bicyclic) bond motifs is 1. The minimum Gasteiger partial charge on any atom is -0.322 e. The molecule has 3 aromatic rings. The average Bonchev–Trinajstić information content (AvgIpc) is 2.88. The second-order valence-electron chi connectivity index (χ2n) is 9.21. The van der Waals surface area contributed by atoms with Crippen molar-refractivity contribution in [3.8, 4) is 0 Å². The minimum absolute atomic E-state index is 0.0428. The molecule has 4 rings (SSSR count). The zero-order valence-electron chi connectivity index (χ0n) is 21.0. The van der Waals surface area contributed by atoms with Crippen molar-refractivity contribution in [2.75, 3.05) is 30.9 Å². The molecule has 0 aromatic heterocycles. The van der Waals surface area contributed by atoms with E-state index in [1.165, 1.54) is 12.1 Å². The van der Waals surface area contributed by atoms with Gasteiger partial charge < -0.3 is 15.2 Å². The molecule has 6 nitrogen and oxygen atoms in total. The first-order valence-electron chi connectivity index (χ1n) is 12.3. The summed E-state index contributed by atoms with van der Waals surface area (Å²) in [7, 11) is 3.82. The van der Waals surface area contributed by atoms with E-state index in [-0.39, 0.29) is 16.5 Å². The molecule has 0 spiro atoms. The Balaban J connectivity index is 1.56. The molecule has 0 aliphatic carbocycles. The zero-order chi connectivity index (χ0) is 26.4. The fraction of sp³-hybridized carbons (Fsp3) is 0.276. The standard InChI is InChI=1S/C29H30ClFN4O2/c1-34(2)33-24-9-5-3-7-20-8-4-6-10-27(20)35(18-17-24)29(37)21-11-14-23(15-12-21)32-28(36)25-19-22(31)13-16-26(25)30/h4,6,8,10-16,19H,3,5,7,9,17-18H2,1-2H3,(H,32,36)/b33-24+. The van der Waals surface area contributed by atoms with Crippen LogP contribution in [0, 0.1) is 5.82 Å². The fourth-order valence-electron chi connectivity index (χ4n) is 4.43. The molecule has 1 N–H and O–H groups in total. The van der Waals surface area contributed by atoms with Gasteiger partial charge in [-0.15, -0.1) is 0 Å². The lowest BCUT2D eigenvalue weighted by atomic mass is 9.99. The molecule has 0 radical (unpaired) electrons. The minimum atomic E-state index is -0.547. The number of carbonyl (C=O) groups excluding carboxylic acids is 2.